The fraction of sp³-hybridized carbons (Fsp3) is 0.909. The van der Waals surface area contributed by atoms with Crippen molar-refractivity contribution < 1.29 is 18.0 Å². The number of hydrogen-bond donors (Lipinski definition) is 2. The fourth-order valence-corrected chi connectivity index (χ4v) is 2.81. The highest BCUT2D eigenvalue weighted by atomic mass is 19.4. The maximum absolute atomic E-state index is 12.2. The molecule has 104 valence electrons. The highest BCUT2D eigenvalue weighted by Gasteiger charge is 2.42. The van der Waals surface area contributed by atoms with Crippen LogP contribution in [0.1, 0.15) is 19.3 Å². The number of halogens is 3. The van der Waals surface area contributed by atoms with E-state index in [9.17, 15) is 18.0 Å². The molecule has 1 aliphatic heterocycles. The quantitative estimate of drug-likeness (QED) is 0.764. The van der Waals surface area contributed by atoms with Gasteiger partial charge >= 0.3 is 12.1 Å². The number of carbonyl (C=O) groups is 1. The van der Waals surface area contributed by atoms with Gasteiger partial charge < -0.3 is 10.6 Å². The number of carbonyl (C=O) groups excluding carboxylic acids is 1. The predicted molar refractivity (Wildman–Crippen MR) is 60.1 cm³/mol. The van der Waals surface area contributed by atoms with Gasteiger partial charge in [0.25, 0.3) is 0 Å². The zero-order valence-electron chi connectivity index (χ0n) is 10.1. The van der Waals surface area contributed by atoms with E-state index < -0.39 is 12.1 Å². The molecular weight excluding hydrogens is 247 g/mol. The van der Waals surface area contributed by atoms with Gasteiger partial charge in [0.05, 0.1) is 0 Å². The van der Waals surface area contributed by atoms with Crippen molar-refractivity contribution in [1.29, 1.82) is 0 Å². The number of hydrogen-bond acceptors (Lipinski definition) is 3. The van der Waals surface area contributed by atoms with E-state index in [0.717, 1.165) is 39.0 Å². The van der Waals surface area contributed by atoms with Crippen molar-refractivity contribution in [2.45, 2.75) is 37.5 Å². The van der Waals surface area contributed by atoms with E-state index in [2.05, 4.69) is 15.5 Å². The van der Waals surface area contributed by atoms with Crippen molar-refractivity contribution in [3.05, 3.63) is 0 Å². The Kier molecular flexibility index (Phi) is 4.11. The maximum atomic E-state index is 12.2. The largest absolute Gasteiger partial charge is 0.471 e. The summed E-state index contributed by atoms with van der Waals surface area (Å²) in [4.78, 5) is 13.2. The van der Waals surface area contributed by atoms with Crippen molar-refractivity contribution in [1.82, 2.24) is 15.5 Å². The second-order valence-corrected chi connectivity index (χ2v) is 4.86. The van der Waals surface area contributed by atoms with Crippen LogP contribution in [0.15, 0.2) is 0 Å². The van der Waals surface area contributed by atoms with Gasteiger partial charge in [-0.05, 0) is 19.3 Å². The average Bonchev–Trinajstić information content (AvgIpc) is 2.77. The van der Waals surface area contributed by atoms with Gasteiger partial charge in [-0.3, -0.25) is 9.69 Å². The zero-order valence-corrected chi connectivity index (χ0v) is 10.1. The SMILES string of the molecule is O=C(N[C@@H]1CCC[C@@H]1N1CCNCC1)C(F)(F)F. The Bertz CT molecular complexity index is 302. The minimum absolute atomic E-state index is 0.0541. The molecule has 1 saturated heterocycles. The van der Waals surface area contributed by atoms with Gasteiger partial charge in [-0.25, -0.2) is 0 Å². The summed E-state index contributed by atoms with van der Waals surface area (Å²) >= 11 is 0. The van der Waals surface area contributed by atoms with Gasteiger partial charge in [-0.15, -0.1) is 0 Å². The van der Waals surface area contributed by atoms with Crippen LogP contribution in [0.5, 0.6) is 0 Å². The van der Waals surface area contributed by atoms with Gasteiger partial charge in [0.1, 0.15) is 0 Å². The summed E-state index contributed by atoms with van der Waals surface area (Å²) in [5, 5.41) is 5.35. The Morgan fingerprint density at radius 3 is 2.50 bits per heavy atom. The number of piperazine rings is 1. The highest BCUT2D eigenvalue weighted by molar-refractivity contribution is 5.82. The lowest BCUT2D eigenvalue weighted by molar-refractivity contribution is -0.174. The van der Waals surface area contributed by atoms with E-state index in [4.69, 9.17) is 0 Å². The minimum atomic E-state index is -4.78. The standard InChI is InChI=1S/C11H18F3N3O/c12-11(13,14)10(18)16-8-2-1-3-9(8)17-6-4-15-5-7-17/h8-9,15H,1-7H2,(H,16,18)/t8-,9+/m1/s1. The monoisotopic (exact) mass is 265 g/mol. The summed E-state index contributed by atoms with van der Waals surface area (Å²) in [5.41, 5.74) is 0. The first-order chi connectivity index (χ1) is 8.48. The molecule has 0 aromatic heterocycles. The van der Waals surface area contributed by atoms with Crippen molar-refractivity contribution in [3.8, 4) is 0 Å². The second kappa shape index (κ2) is 5.44. The number of rotatable bonds is 2. The summed E-state index contributed by atoms with van der Waals surface area (Å²) in [6, 6.07) is -0.310. The zero-order chi connectivity index (χ0) is 13.2. The molecule has 0 aromatic rings. The van der Waals surface area contributed by atoms with Crippen LogP contribution >= 0.6 is 0 Å². The molecular formula is C11H18F3N3O. The summed E-state index contributed by atoms with van der Waals surface area (Å²) in [6.07, 6.45) is -2.41. The van der Waals surface area contributed by atoms with Crippen molar-refractivity contribution in [3.63, 3.8) is 0 Å². The van der Waals surface area contributed by atoms with Crippen LogP contribution in [-0.2, 0) is 4.79 Å². The molecule has 0 spiro atoms. The number of alkyl halides is 3. The van der Waals surface area contributed by atoms with Crippen LogP contribution in [0.2, 0.25) is 0 Å². The average molecular weight is 265 g/mol. The van der Waals surface area contributed by atoms with E-state index in [-0.39, 0.29) is 12.1 Å². The third kappa shape index (κ3) is 3.14. The topological polar surface area (TPSA) is 44.4 Å². The third-order valence-electron chi connectivity index (χ3n) is 3.67. The Balaban J connectivity index is 1.93. The molecule has 1 heterocycles. The van der Waals surface area contributed by atoms with Crippen molar-refractivity contribution in [2.24, 2.45) is 0 Å². The van der Waals surface area contributed by atoms with Crippen molar-refractivity contribution >= 4 is 5.91 Å². The lowest BCUT2D eigenvalue weighted by atomic mass is 10.1. The Morgan fingerprint density at radius 2 is 1.89 bits per heavy atom. The molecule has 2 atom stereocenters. The normalized spacial score (nSPS) is 30.4. The molecule has 0 aromatic carbocycles. The van der Waals surface area contributed by atoms with Crippen LogP contribution in [0.3, 0.4) is 0 Å². The molecule has 1 saturated carbocycles. The summed E-state index contributed by atoms with van der Waals surface area (Å²) in [5.74, 6) is -1.81. The minimum Gasteiger partial charge on any atom is -0.344 e. The first kappa shape index (κ1) is 13.6. The van der Waals surface area contributed by atoms with Gasteiger partial charge in [0.2, 0.25) is 0 Å². The van der Waals surface area contributed by atoms with Gasteiger partial charge in [-0.1, -0.05) is 0 Å². The van der Waals surface area contributed by atoms with Gasteiger partial charge in [0.15, 0.2) is 0 Å². The number of nitrogens with one attached hydrogen (secondary N) is 2. The van der Waals surface area contributed by atoms with Crippen molar-refractivity contribution in [2.75, 3.05) is 26.2 Å². The second-order valence-electron chi connectivity index (χ2n) is 4.86. The van der Waals surface area contributed by atoms with E-state index >= 15 is 0 Å². The Hall–Kier alpha value is -0.820. The van der Waals surface area contributed by atoms with Crippen LogP contribution < -0.4 is 10.6 Å². The summed E-state index contributed by atoms with van der Waals surface area (Å²) < 4.78 is 36.7. The molecule has 0 bridgehead atoms. The van der Waals surface area contributed by atoms with Gasteiger partial charge in [0, 0.05) is 38.3 Å². The van der Waals surface area contributed by atoms with Gasteiger partial charge in [-0.2, -0.15) is 13.2 Å². The molecule has 7 heteroatoms. The lowest BCUT2D eigenvalue weighted by Gasteiger charge is -2.36. The summed E-state index contributed by atoms with van der Waals surface area (Å²) in [7, 11) is 0. The van der Waals surface area contributed by atoms with E-state index in [0.29, 0.717) is 6.42 Å². The van der Waals surface area contributed by atoms with Crippen LogP contribution in [-0.4, -0.2) is 55.2 Å². The molecule has 2 fully saturated rings. The van der Waals surface area contributed by atoms with Crippen LogP contribution in [0, 0.1) is 0 Å². The molecule has 1 aliphatic carbocycles. The molecule has 2 rings (SSSR count). The lowest BCUT2D eigenvalue weighted by Crippen LogP contribution is -2.55. The summed E-state index contributed by atoms with van der Waals surface area (Å²) in [6.45, 7) is 3.39. The number of nitrogens with zero attached hydrogens (tertiary/aromatic N) is 1. The molecule has 2 aliphatic rings. The molecule has 0 radical (unpaired) electrons. The van der Waals surface area contributed by atoms with Crippen LogP contribution in [0.4, 0.5) is 13.2 Å². The van der Waals surface area contributed by atoms with E-state index in [1.54, 1.807) is 0 Å². The molecule has 18 heavy (non-hydrogen) atoms. The Morgan fingerprint density at radius 1 is 1.22 bits per heavy atom. The molecule has 2 N–H and O–H groups in total. The predicted octanol–water partition coefficient (Wildman–Crippen LogP) is 0.491. The maximum Gasteiger partial charge on any atom is 0.471 e. The van der Waals surface area contributed by atoms with Crippen LogP contribution in [0.25, 0.3) is 0 Å². The fourth-order valence-electron chi connectivity index (χ4n) is 2.81. The smallest absolute Gasteiger partial charge is 0.344 e. The first-order valence-corrected chi connectivity index (χ1v) is 6.31. The Labute approximate surface area is 104 Å². The first-order valence-electron chi connectivity index (χ1n) is 6.31. The third-order valence-corrected chi connectivity index (χ3v) is 3.67. The number of amides is 1. The highest BCUT2D eigenvalue weighted by Crippen LogP contribution is 2.26. The molecule has 1 amide bonds. The molecule has 4 nitrogen and oxygen atoms in total. The van der Waals surface area contributed by atoms with E-state index in [1.165, 1.54) is 0 Å². The molecule has 0 unspecified atom stereocenters. The van der Waals surface area contributed by atoms with E-state index in [1.807, 2.05) is 0 Å².